The van der Waals surface area contributed by atoms with Crippen molar-refractivity contribution in [1.82, 2.24) is 15.1 Å². The molecule has 1 heterocycles. The van der Waals surface area contributed by atoms with Crippen molar-refractivity contribution in [2.45, 2.75) is 69.9 Å². The normalized spacial score (nSPS) is 23.2. The molecule has 2 aliphatic carbocycles. The van der Waals surface area contributed by atoms with Gasteiger partial charge < -0.3 is 5.32 Å². The zero-order valence-electron chi connectivity index (χ0n) is 12.1. The van der Waals surface area contributed by atoms with Gasteiger partial charge in [0.05, 0.1) is 11.7 Å². The smallest absolute Gasteiger partial charge is 0.0640 e. The van der Waals surface area contributed by atoms with Crippen molar-refractivity contribution < 1.29 is 0 Å². The van der Waals surface area contributed by atoms with E-state index < -0.39 is 0 Å². The van der Waals surface area contributed by atoms with Crippen LogP contribution in [0.3, 0.4) is 0 Å². The average molecular weight is 261 g/mol. The molecule has 3 heteroatoms. The van der Waals surface area contributed by atoms with Crippen LogP contribution in [0.15, 0.2) is 12.3 Å². The first-order chi connectivity index (χ1) is 9.36. The van der Waals surface area contributed by atoms with Gasteiger partial charge in [-0.3, -0.25) is 4.68 Å². The molecule has 2 fully saturated rings. The summed E-state index contributed by atoms with van der Waals surface area (Å²) in [5, 5.41) is 8.33. The van der Waals surface area contributed by atoms with Crippen LogP contribution in [-0.2, 0) is 6.42 Å². The topological polar surface area (TPSA) is 29.9 Å². The number of aromatic nitrogens is 2. The second-order valence-corrected chi connectivity index (χ2v) is 6.37. The molecule has 0 spiro atoms. The molecule has 0 radical (unpaired) electrons. The minimum atomic E-state index is 0.628. The number of hydrogen-bond acceptors (Lipinski definition) is 2. The first kappa shape index (κ1) is 13.2. The van der Waals surface area contributed by atoms with Gasteiger partial charge in [0.15, 0.2) is 0 Å². The highest BCUT2D eigenvalue weighted by atomic mass is 15.3. The molecule has 1 N–H and O–H groups in total. The number of hydrogen-bond donors (Lipinski definition) is 1. The Morgan fingerprint density at radius 2 is 2.00 bits per heavy atom. The molecule has 0 aromatic carbocycles. The Morgan fingerprint density at radius 1 is 1.21 bits per heavy atom. The second kappa shape index (κ2) is 6.08. The van der Waals surface area contributed by atoms with E-state index in [4.69, 9.17) is 5.10 Å². The lowest BCUT2D eigenvalue weighted by Crippen LogP contribution is -2.39. The van der Waals surface area contributed by atoms with Crippen molar-refractivity contribution in [3.8, 4) is 0 Å². The molecule has 0 saturated heterocycles. The van der Waals surface area contributed by atoms with E-state index in [2.05, 4.69) is 29.3 Å². The number of likely N-dealkylation sites (N-methyl/N-ethyl adjacent to an activating group) is 1. The maximum absolute atomic E-state index is 4.84. The van der Waals surface area contributed by atoms with E-state index in [-0.39, 0.29) is 0 Å². The Labute approximate surface area is 116 Å². The van der Waals surface area contributed by atoms with Crippen molar-refractivity contribution in [2.24, 2.45) is 5.92 Å². The third kappa shape index (κ3) is 3.02. The lowest BCUT2D eigenvalue weighted by Gasteiger charge is -2.33. The molecule has 1 aromatic heterocycles. The van der Waals surface area contributed by atoms with Crippen LogP contribution in [0.1, 0.15) is 63.1 Å². The molecule has 2 saturated carbocycles. The van der Waals surface area contributed by atoms with Crippen molar-refractivity contribution >= 4 is 0 Å². The predicted octanol–water partition coefficient (Wildman–Crippen LogP) is 3.32. The molecule has 0 amide bonds. The zero-order valence-corrected chi connectivity index (χ0v) is 12.1. The predicted molar refractivity (Wildman–Crippen MR) is 78.2 cm³/mol. The lowest BCUT2D eigenvalue weighted by molar-refractivity contribution is 0.234. The summed E-state index contributed by atoms with van der Waals surface area (Å²) < 4.78 is 2.24. The van der Waals surface area contributed by atoms with Gasteiger partial charge in [-0.05, 0) is 44.7 Å². The van der Waals surface area contributed by atoms with Gasteiger partial charge >= 0.3 is 0 Å². The van der Waals surface area contributed by atoms with Gasteiger partial charge in [-0.15, -0.1) is 0 Å². The second-order valence-electron chi connectivity index (χ2n) is 6.37. The van der Waals surface area contributed by atoms with Crippen LogP contribution in [-0.4, -0.2) is 22.9 Å². The van der Waals surface area contributed by atoms with E-state index in [9.17, 15) is 0 Å². The van der Waals surface area contributed by atoms with Gasteiger partial charge in [-0.1, -0.05) is 25.7 Å². The lowest BCUT2D eigenvalue weighted by atomic mass is 9.78. The standard InChI is InChI=1S/C16H27N3/c1-17-16(13-6-5-7-13)12-14-10-11-19(18-14)15-8-3-2-4-9-15/h10-11,13,15-17H,2-9,12H2,1H3. The zero-order chi connectivity index (χ0) is 13.1. The molecule has 1 atom stereocenters. The summed E-state index contributed by atoms with van der Waals surface area (Å²) in [6, 6.07) is 3.53. The third-order valence-corrected chi connectivity index (χ3v) is 5.13. The summed E-state index contributed by atoms with van der Waals surface area (Å²) in [7, 11) is 2.10. The summed E-state index contributed by atoms with van der Waals surface area (Å²) in [4.78, 5) is 0. The number of rotatable bonds is 5. The van der Waals surface area contributed by atoms with Crippen molar-refractivity contribution in [3.63, 3.8) is 0 Å². The van der Waals surface area contributed by atoms with Crippen LogP contribution >= 0.6 is 0 Å². The summed E-state index contributed by atoms with van der Waals surface area (Å²) in [5.74, 6) is 0.879. The van der Waals surface area contributed by atoms with Crippen LogP contribution in [0, 0.1) is 5.92 Å². The van der Waals surface area contributed by atoms with E-state index in [0.717, 1.165) is 12.3 Å². The monoisotopic (exact) mass is 261 g/mol. The average Bonchev–Trinajstić information content (AvgIpc) is 2.85. The SMILES string of the molecule is CNC(Cc1ccn(C2CCCCC2)n1)C1CCC1. The summed E-state index contributed by atoms with van der Waals surface area (Å²) >= 11 is 0. The molecule has 0 bridgehead atoms. The Morgan fingerprint density at radius 3 is 2.63 bits per heavy atom. The molecule has 1 aromatic rings. The van der Waals surface area contributed by atoms with E-state index in [1.165, 1.54) is 57.1 Å². The first-order valence-electron chi connectivity index (χ1n) is 8.08. The molecule has 3 rings (SSSR count). The van der Waals surface area contributed by atoms with E-state index in [0.29, 0.717) is 12.1 Å². The fourth-order valence-corrected chi connectivity index (χ4v) is 3.61. The fraction of sp³-hybridized carbons (Fsp3) is 0.812. The largest absolute Gasteiger partial charge is 0.316 e. The number of nitrogens with zero attached hydrogens (tertiary/aromatic N) is 2. The van der Waals surface area contributed by atoms with Crippen molar-refractivity contribution in [3.05, 3.63) is 18.0 Å². The van der Waals surface area contributed by atoms with Gasteiger partial charge in [0.2, 0.25) is 0 Å². The minimum absolute atomic E-state index is 0.628. The first-order valence-corrected chi connectivity index (χ1v) is 8.08. The van der Waals surface area contributed by atoms with Gasteiger partial charge in [0.1, 0.15) is 0 Å². The highest BCUT2D eigenvalue weighted by Crippen LogP contribution is 2.31. The Hall–Kier alpha value is -0.830. The van der Waals surface area contributed by atoms with Gasteiger partial charge in [0.25, 0.3) is 0 Å². The van der Waals surface area contributed by atoms with E-state index in [1.807, 2.05) is 0 Å². The molecule has 1 unspecified atom stereocenters. The van der Waals surface area contributed by atoms with Gasteiger partial charge in [0, 0.05) is 18.7 Å². The van der Waals surface area contributed by atoms with Crippen LogP contribution in [0.25, 0.3) is 0 Å². The van der Waals surface area contributed by atoms with Crippen LogP contribution < -0.4 is 5.32 Å². The van der Waals surface area contributed by atoms with Crippen LogP contribution in [0.2, 0.25) is 0 Å². The van der Waals surface area contributed by atoms with Crippen molar-refractivity contribution in [1.29, 1.82) is 0 Å². The van der Waals surface area contributed by atoms with Gasteiger partial charge in [-0.2, -0.15) is 5.10 Å². The Kier molecular flexibility index (Phi) is 4.21. The quantitative estimate of drug-likeness (QED) is 0.881. The molecule has 19 heavy (non-hydrogen) atoms. The highest BCUT2D eigenvalue weighted by Gasteiger charge is 2.27. The van der Waals surface area contributed by atoms with Crippen LogP contribution in [0.4, 0.5) is 0 Å². The fourth-order valence-electron chi connectivity index (χ4n) is 3.61. The van der Waals surface area contributed by atoms with Crippen LogP contribution in [0.5, 0.6) is 0 Å². The van der Waals surface area contributed by atoms with Crippen molar-refractivity contribution in [2.75, 3.05) is 7.05 Å². The molecule has 2 aliphatic rings. The maximum Gasteiger partial charge on any atom is 0.0640 e. The Balaban J connectivity index is 1.60. The molecule has 106 valence electrons. The molecule has 0 aliphatic heterocycles. The summed E-state index contributed by atoms with van der Waals surface area (Å²) in [5.41, 5.74) is 1.27. The molecular formula is C16H27N3. The highest BCUT2D eigenvalue weighted by molar-refractivity contribution is 5.04. The third-order valence-electron chi connectivity index (χ3n) is 5.13. The summed E-state index contributed by atoms with van der Waals surface area (Å²) in [6.07, 6.45) is 14.3. The number of nitrogens with one attached hydrogen (secondary N) is 1. The van der Waals surface area contributed by atoms with E-state index >= 15 is 0 Å². The molecular weight excluding hydrogens is 234 g/mol. The summed E-state index contributed by atoms with van der Waals surface area (Å²) in [6.45, 7) is 0. The van der Waals surface area contributed by atoms with Gasteiger partial charge in [-0.25, -0.2) is 0 Å². The Bertz CT molecular complexity index is 388. The molecule has 3 nitrogen and oxygen atoms in total. The maximum atomic E-state index is 4.84. The van der Waals surface area contributed by atoms with E-state index in [1.54, 1.807) is 0 Å². The minimum Gasteiger partial charge on any atom is -0.316 e.